The van der Waals surface area contributed by atoms with E-state index in [2.05, 4.69) is 10.5 Å². The van der Waals surface area contributed by atoms with Gasteiger partial charge in [-0.05, 0) is 64.6 Å². The fourth-order valence-corrected chi connectivity index (χ4v) is 1.99. The Balaban J connectivity index is 2.05. The summed E-state index contributed by atoms with van der Waals surface area (Å²) in [4.78, 5) is 11.9. The number of rotatable bonds is 4. The molecule has 2 aromatic carbocycles. The lowest BCUT2D eigenvalue weighted by Crippen LogP contribution is -2.17. The first kappa shape index (κ1) is 16.1. The van der Waals surface area contributed by atoms with Crippen LogP contribution < -0.4 is 10.2 Å². The van der Waals surface area contributed by atoms with Crippen molar-refractivity contribution in [3.05, 3.63) is 51.1 Å². The summed E-state index contributed by atoms with van der Waals surface area (Å²) in [6, 6.07) is 9.29. The predicted molar refractivity (Wildman–Crippen MR) is 90.5 cm³/mol. The van der Waals surface area contributed by atoms with Crippen molar-refractivity contribution in [2.45, 2.75) is 0 Å². The molecule has 0 atom stereocenters. The van der Waals surface area contributed by atoms with E-state index in [1.165, 1.54) is 25.5 Å². The van der Waals surface area contributed by atoms with Gasteiger partial charge in [0, 0.05) is 5.56 Å². The molecule has 0 aromatic heterocycles. The number of phenols is 2. The van der Waals surface area contributed by atoms with Gasteiger partial charge in [0.2, 0.25) is 0 Å². The van der Waals surface area contributed by atoms with Gasteiger partial charge in [-0.2, -0.15) is 5.10 Å². The largest absolute Gasteiger partial charge is 0.507 e. The minimum atomic E-state index is -0.436. The molecule has 0 aliphatic heterocycles. The summed E-state index contributed by atoms with van der Waals surface area (Å²) in [5, 5.41) is 22.9. The zero-order chi connectivity index (χ0) is 16.1. The lowest BCUT2D eigenvalue weighted by Gasteiger charge is -2.04. The van der Waals surface area contributed by atoms with Crippen molar-refractivity contribution in [1.82, 2.24) is 5.43 Å². The molecule has 0 bridgehead atoms. The van der Waals surface area contributed by atoms with Gasteiger partial charge < -0.3 is 14.9 Å². The molecule has 2 aromatic rings. The highest BCUT2D eigenvalue weighted by molar-refractivity contribution is 14.1. The molecule has 0 saturated carbocycles. The Morgan fingerprint density at radius 2 is 2.00 bits per heavy atom. The minimum Gasteiger partial charge on any atom is -0.507 e. The fraction of sp³-hybridized carbons (Fsp3) is 0.0667. The number of methoxy groups -OCH3 is 1. The highest BCUT2D eigenvalue weighted by Gasteiger charge is 2.07. The van der Waals surface area contributed by atoms with Crippen LogP contribution in [0.1, 0.15) is 15.9 Å². The number of halogens is 1. The molecular formula is C15H13IN2O4. The molecule has 1 amide bonds. The molecule has 0 radical (unpaired) electrons. The summed E-state index contributed by atoms with van der Waals surface area (Å²) < 4.78 is 5.64. The molecule has 6 nitrogen and oxygen atoms in total. The zero-order valence-electron chi connectivity index (χ0n) is 11.6. The first-order valence-electron chi connectivity index (χ1n) is 6.20. The molecule has 0 saturated heterocycles. The number of amides is 1. The second kappa shape index (κ2) is 7.12. The minimum absolute atomic E-state index is 0.0260. The number of nitrogens with zero attached hydrogens (tertiary/aromatic N) is 1. The van der Waals surface area contributed by atoms with Gasteiger partial charge in [-0.25, -0.2) is 5.43 Å². The Bertz CT molecular complexity index is 731. The number of hydrazone groups is 1. The quantitative estimate of drug-likeness (QED) is 0.409. The van der Waals surface area contributed by atoms with Crippen molar-refractivity contribution in [2.24, 2.45) is 5.10 Å². The molecule has 2 rings (SSSR count). The molecule has 3 N–H and O–H groups in total. The molecular weight excluding hydrogens is 399 g/mol. The van der Waals surface area contributed by atoms with Crippen LogP contribution in [0, 0.1) is 3.57 Å². The van der Waals surface area contributed by atoms with E-state index >= 15 is 0 Å². The van der Waals surface area contributed by atoms with Crippen LogP contribution >= 0.6 is 22.6 Å². The van der Waals surface area contributed by atoms with E-state index in [1.807, 2.05) is 22.6 Å². The SMILES string of the molecule is COc1cc(/C=N\NC(=O)c2ccc(I)c(O)c2)ccc1O. The maximum absolute atomic E-state index is 11.9. The number of hydrogen-bond donors (Lipinski definition) is 3. The van der Waals surface area contributed by atoms with Crippen LogP contribution in [0.4, 0.5) is 0 Å². The molecule has 0 spiro atoms. The lowest BCUT2D eigenvalue weighted by atomic mass is 10.2. The van der Waals surface area contributed by atoms with E-state index in [0.717, 1.165) is 0 Å². The van der Waals surface area contributed by atoms with Gasteiger partial charge in [-0.1, -0.05) is 0 Å². The third-order valence-corrected chi connectivity index (χ3v) is 3.70. The molecule has 0 heterocycles. The number of nitrogens with one attached hydrogen (secondary N) is 1. The maximum atomic E-state index is 11.9. The molecule has 0 aliphatic carbocycles. The van der Waals surface area contributed by atoms with Gasteiger partial charge in [-0.15, -0.1) is 0 Å². The van der Waals surface area contributed by atoms with Crippen LogP contribution in [-0.2, 0) is 0 Å². The predicted octanol–water partition coefficient (Wildman–Crippen LogP) is 2.47. The van der Waals surface area contributed by atoms with E-state index < -0.39 is 5.91 Å². The first-order chi connectivity index (χ1) is 10.5. The number of aromatic hydroxyl groups is 2. The number of hydrogen-bond acceptors (Lipinski definition) is 5. The summed E-state index contributed by atoms with van der Waals surface area (Å²) in [5.74, 6) is -0.0509. The standard InChI is InChI=1S/C15H13IN2O4/c1-22-14-6-9(2-5-12(14)19)8-17-18-15(21)10-3-4-11(16)13(20)7-10/h2-8,19-20H,1H3,(H,18,21)/b17-8-. The van der Waals surface area contributed by atoms with Crippen LogP contribution in [0.5, 0.6) is 17.2 Å². The van der Waals surface area contributed by atoms with Crippen molar-refractivity contribution in [3.63, 3.8) is 0 Å². The summed E-state index contributed by atoms with van der Waals surface area (Å²) in [6.45, 7) is 0. The Hall–Kier alpha value is -2.29. The third-order valence-electron chi connectivity index (χ3n) is 2.79. The molecule has 0 fully saturated rings. The van der Waals surface area contributed by atoms with Crippen molar-refractivity contribution in [3.8, 4) is 17.2 Å². The molecule has 114 valence electrons. The van der Waals surface area contributed by atoms with Crippen LogP contribution in [0.25, 0.3) is 0 Å². The highest BCUT2D eigenvalue weighted by atomic mass is 127. The van der Waals surface area contributed by atoms with E-state index in [4.69, 9.17) is 4.74 Å². The number of ether oxygens (including phenoxy) is 1. The average Bonchev–Trinajstić information content (AvgIpc) is 2.51. The van der Waals surface area contributed by atoms with Gasteiger partial charge in [0.05, 0.1) is 16.9 Å². The van der Waals surface area contributed by atoms with Crippen molar-refractivity contribution in [2.75, 3.05) is 7.11 Å². The number of benzene rings is 2. The van der Waals surface area contributed by atoms with Crippen molar-refractivity contribution >= 4 is 34.7 Å². The van der Waals surface area contributed by atoms with Crippen molar-refractivity contribution < 1.29 is 19.7 Å². The van der Waals surface area contributed by atoms with Gasteiger partial charge in [-0.3, -0.25) is 4.79 Å². The van der Waals surface area contributed by atoms with Gasteiger partial charge >= 0.3 is 0 Å². The second-order valence-electron chi connectivity index (χ2n) is 4.30. The van der Waals surface area contributed by atoms with E-state index in [9.17, 15) is 15.0 Å². The summed E-state index contributed by atoms with van der Waals surface area (Å²) in [7, 11) is 1.45. The van der Waals surface area contributed by atoms with Crippen LogP contribution in [0.3, 0.4) is 0 Å². The van der Waals surface area contributed by atoms with E-state index in [0.29, 0.717) is 20.4 Å². The van der Waals surface area contributed by atoms with Crippen LogP contribution in [0.15, 0.2) is 41.5 Å². The normalized spacial score (nSPS) is 10.6. The number of phenolic OH excluding ortho intramolecular Hbond substituents is 2. The third kappa shape index (κ3) is 3.88. The van der Waals surface area contributed by atoms with Crippen LogP contribution in [0.2, 0.25) is 0 Å². The van der Waals surface area contributed by atoms with Crippen molar-refractivity contribution in [1.29, 1.82) is 0 Å². The Labute approximate surface area is 140 Å². The molecule has 22 heavy (non-hydrogen) atoms. The fourth-order valence-electron chi connectivity index (χ4n) is 1.66. The Morgan fingerprint density at radius 3 is 2.68 bits per heavy atom. The van der Waals surface area contributed by atoms with Gasteiger partial charge in [0.15, 0.2) is 11.5 Å². The molecule has 7 heteroatoms. The number of carbonyl (C=O) groups excluding carboxylic acids is 1. The molecule has 0 aliphatic rings. The molecule has 0 unspecified atom stereocenters. The smallest absolute Gasteiger partial charge is 0.271 e. The monoisotopic (exact) mass is 412 g/mol. The van der Waals surface area contributed by atoms with E-state index in [1.54, 1.807) is 24.3 Å². The van der Waals surface area contributed by atoms with Gasteiger partial charge in [0.1, 0.15) is 5.75 Å². The van der Waals surface area contributed by atoms with E-state index in [-0.39, 0.29) is 11.5 Å². The topological polar surface area (TPSA) is 91.2 Å². The summed E-state index contributed by atoms with van der Waals surface area (Å²) in [6.07, 6.45) is 1.42. The first-order valence-corrected chi connectivity index (χ1v) is 7.28. The number of carbonyl (C=O) groups is 1. The summed E-state index contributed by atoms with van der Waals surface area (Å²) >= 11 is 1.97. The van der Waals surface area contributed by atoms with Crippen LogP contribution in [-0.4, -0.2) is 29.4 Å². The Morgan fingerprint density at radius 1 is 1.23 bits per heavy atom. The lowest BCUT2D eigenvalue weighted by molar-refractivity contribution is 0.0954. The average molecular weight is 412 g/mol. The zero-order valence-corrected chi connectivity index (χ0v) is 13.7. The summed E-state index contributed by atoms with van der Waals surface area (Å²) in [5.41, 5.74) is 3.32. The maximum Gasteiger partial charge on any atom is 0.271 e. The second-order valence-corrected chi connectivity index (χ2v) is 5.46. The van der Waals surface area contributed by atoms with Gasteiger partial charge in [0.25, 0.3) is 5.91 Å². The Kier molecular flexibility index (Phi) is 5.21. The highest BCUT2D eigenvalue weighted by Crippen LogP contribution is 2.25.